The van der Waals surface area contributed by atoms with E-state index in [-0.39, 0.29) is 17.8 Å². The smallest absolute Gasteiger partial charge is 0.219 e. The molecule has 3 heterocycles. The quantitative estimate of drug-likeness (QED) is 0.867. The zero-order chi connectivity index (χ0) is 16.0. The summed E-state index contributed by atoms with van der Waals surface area (Å²) in [5.74, 6) is 0.812. The van der Waals surface area contributed by atoms with Crippen molar-refractivity contribution in [1.82, 2.24) is 14.3 Å². The Morgan fingerprint density at radius 3 is 2.78 bits per heavy atom. The van der Waals surface area contributed by atoms with Crippen molar-refractivity contribution >= 4 is 10.0 Å². The zero-order valence-electron chi connectivity index (χ0n) is 13.0. The molecule has 23 heavy (non-hydrogen) atoms. The third-order valence-electron chi connectivity index (χ3n) is 4.76. The number of nitrogens with zero attached hydrogens (tertiary/aromatic N) is 3. The van der Waals surface area contributed by atoms with E-state index in [1.54, 1.807) is 4.31 Å². The number of fused-ring (bicyclic) bond motifs is 4. The molecule has 2 aliphatic rings. The first-order valence-electron chi connectivity index (χ1n) is 7.92. The van der Waals surface area contributed by atoms with Gasteiger partial charge in [0.2, 0.25) is 10.0 Å². The predicted molar refractivity (Wildman–Crippen MR) is 87.1 cm³/mol. The molecule has 1 fully saturated rings. The molecule has 0 aliphatic carbocycles. The van der Waals surface area contributed by atoms with Crippen molar-refractivity contribution in [3.63, 3.8) is 0 Å². The van der Waals surface area contributed by atoms with Crippen LogP contribution in [0.15, 0.2) is 36.5 Å². The highest BCUT2D eigenvalue weighted by atomic mass is 32.2. The van der Waals surface area contributed by atoms with Crippen LogP contribution in [-0.2, 0) is 22.2 Å². The van der Waals surface area contributed by atoms with Crippen molar-refractivity contribution in [3.8, 4) is 0 Å². The number of hydrogen-bond donors (Lipinski definition) is 0. The minimum atomic E-state index is -3.35. The number of benzene rings is 1. The standard InChI is InChI=1S/C17H19N3O2S/c1-12-18-10-15-16(19-12)9-14-7-8-17(15)20(14)23(21,22)11-13-5-3-2-4-6-13/h2-6,10,14,17H,7-9,11H2,1H3. The number of sulfonamides is 1. The molecule has 2 aromatic rings. The third kappa shape index (κ3) is 2.56. The largest absolute Gasteiger partial charge is 0.241 e. The van der Waals surface area contributed by atoms with Crippen molar-refractivity contribution in [2.45, 2.75) is 44.0 Å². The lowest BCUT2D eigenvalue weighted by Gasteiger charge is -2.34. The summed E-state index contributed by atoms with van der Waals surface area (Å²) in [5.41, 5.74) is 2.84. The molecule has 1 saturated heterocycles. The van der Waals surface area contributed by atoms with Gasteiger partial charge in [0.25, 0.3) is 0 Å². The SMILES string of the molecule is Cc1ncc2c(n1)CC1CCC2N1S(=O)(=O)Cc1ccccc1. The van der Waals surface area contributed by atoms with Crippen LogP contribution in [0.3, 0.4) is 0 Å². The van der Waals surface area contributed by atoms with E-state index < -0.39 is 10.0 Å². The highest BCUT2D eigenvalue weighted by molar-refractivity contribution is 7.88. The van der Waals surface area contributed by atoms with Gasteiger partial charge in [0, 0.05) is 24.2 Å². The summed E-state index contributed by atoms with van der Waals surface area (Å²) in [6.45, 7) is 1.88. The highest BCUT2D eigenvalue weighted by Gasteiger charge is 2.46. The van der Waals surface area contributed by atoms with E-state index in [0.29, 0.717) is 6.42 Å². The molecule has 0 saturated carbocycles. The second-order valence-electron chi connectivity index (χ2n) is 6.34. The molecule has 2 aliphatic heterocycles. The van der Waals surface area contributed by atoms with Crippen LogP contribution in [0.1, 0.15) is 41.5 Å². The molecule has 0 N–H and O–H groups in total. The fraction of sp³-hybridized carbons (Fsp3) is 0.412. The van der Waals surface area contributed by atoms with Crippen molar-refractivity contribution in [2.75, 3.05) is 0 Å². The second-order valence-corrected chi connectivity index (χ2v) is 8.22. The van der Waals surface area contributed by atoms with Crippen LogP contribution in [0, 0.1) is 6.92 Å². The summed E-state index contributed by atoms with van der Waals surface area (Å²) in [7, 11) is -3.35. The van der Waals surface area contributed by atoms with Crippen LogP contribution < -0.4 is 0 Å². The molecular weight excluding hydrogens is 310 g/mol. The summed E-state index contributed by atoms with van der Waals surface area (Å²) in [5, 5.41) is 0. The Morgan fingerprint density at radius 1 is 1.22 bits per heavy atom. The Bertz CT molecular complexity index is 836. The Labute approximate surface area is 136 Å². The molecule has 1 aromatic carbocycles. The van der Waals surface area contributed by atoms with Gasteiger partial charge < -0.3 is 0 Å². The van der Waals surface area contributed by atoms with E-state index in [1.807, 2.05) is 43.5 Å². The van der Waals surface area contributed by atoms with Crippen molar-refractivity contribution < 1.29 is 8.42 Å². The van der Waals surface area contributed by atoms with Gasteiger partial charge in [0.05, 0.1) is 17.5 Å². The molecule has 5 nitrogen and oxygen atoms in total. The lowest BCUT2D eigenvalue weighted by atomic mass is 10.0. The fourth-order valence-electron chi connectivity index (χ4n) is 3.82. The molecule has 4 rings (SSSR count). The van der Waals surface area contributed by atoms with Gasteiger partial charge in [-0.15, -0.1) is 0 Å². The van der Waals surface area contributed by atoms with E-state index in [4.69, 9.17) is 0 Å². The Hall–Kier alpha value is -1.79. The maximum Gasteiger partial charge on any atom is 0.219 e. The minimum absolute atomic E-state index is 0.0375. The van der Waals surface area contributed by atoms with Crippen LogP contribution >= 0.6 is 0 Å². The molecule has 0 radical (unpaired) electrons. The first-order chi connectivity index (χ1) is 11.0. The molecule has 1 aromatic heterocycles. The summed E-state index contributed by atoms with van der Waals surface area (Å²) in [6, 6.07) is 9.32. The first kappa shape index (κ1) is 14.8. The minimum Gasteiger partial charge on any atom is -0.241 e. The zero-order valence-corrected chi connectivity index (χ0v) is 13.8. The molecular formula is C17H19N3O2S. The second kappa shape index (κ2) is 5.39. The van der Waals surface area contributed by atoms with Crippen LogP contribution in [-0.4, -0.2) is 28.7 Å². The predicted octanol–water partition coefficient (Wildman–Crippen LogP) is 2.38. The number of aromatic nitrogens is 2. The van der Waals surface area contributed by atoms with Crippen LogP contribution in [0.2, 0.25) is 0 Å². The number of aryl methyl sites for hydroxylation is 1. The van der Waals surface area contributed by atoms with E-state index in [2.05, 4.69) is 9.97 Å². The average Bonchev–Trinajstić information content (AvgIpc) is 2.85. The van der Waals surface area contributed by atoms with E-state index >= 15 is 0 Å². The van der Waals surface area contributed by atoms with E-state index in [9.17, 15) is 8.42 Å². The van der Waals surface area contributed by atoms with Crippen molar-refractivity contribution in [3.05, 3.63) is 59.2 Å². The van der Waals surface area contributed by atoms with Crippen LogP contribution in [0.4, 0.5) is 0 Å². The van der Waals surface area contributed by atoms with Gasteiger partial charge in [-0.25, -0.2) is 18.4 Å². The van der Waals surface area contributed by atoms with Gasteiger partial charge in [-0.05, 0) is 25.3 Å². The lowest BCUT2D eigenvalue weighted by Crippen LogP contribution is -2.42. The first-order valence-corrected chi connectivity index (χ1v) is 9.53. The summed E-state index contributed by atoms with van der Waals surface area (Å²) < 4.78 is 27.7. The van der Waals surface area contributed by atoms with Gasteiger partial charge in [0.15, 0.2) is 0 Å². The average molecular weight is 329 g/mol. The molecule has 2 atom stereocenters. The van der Waals surface area contributed by atoms with Crippen LogP contribution in [0.5, 0.6) is 0 Å². The highest BCUT2D eigenvalue weighted by Crippen LogP contribution is 2.45. The summed E-state index contributed by atoms with van der Waals surface area (Å²) in [4.78, 5) is 8.80. The third-order valence-corrected chi connectivity index (χ3v) is 6.66. The number of rotatable bonds is 3. The van der Waals surface area contributed by atoms with E-state index in [1.165, 1.54) is 0 Å². The topological polar surface area (TPSA) is 63.2 Å². The van der Waals surface area contributed by atoms with Gasteiger partial charge in [-0.3, -0.25) is 0 Å². The monoisotopic (exact) mass is 329 g/mol. The van der Waals surface area contributed by atoms with Crippen molar-refractivity contribution in [2.24, 2.45) is 0 Å². The fourth-order valence-corrected chi connectivity index (χ4v) is 5.82. The summed E-state index contributed by atoms with van der Waals surface area (Å²) >= 11 is 0. The maximum atomic E-state index is 13.0. The van der Waals surface area contributed by atoms with Gasteiger partial charge >= 0.3 is 0 Å². The Morgan fingerprint density at radius 2 is 2.00 bits per heavy atom. The molecule has 6 heteroatoms. The molecule has 0 spiro atoms. The van der Waals surface area contributed by atoms with Crippen molar-refractivity contribution in [1.29, 1.82) is 0 Å². The molecule has 2 unspecified atom stereocenters. The Kier molecular flexibility index (Phi) is 3.46. The number of hydrogen-bond acceptors (Lipinski definition) is 4. The lowest BCUT2D eigenvalue weighted by molar-refractivity contribution is 0.299. The normalized spacial score (nSPS) is 23.7. The molecule has 120 valence electrons. The Balaban J connectivity index is 1.69. The van der Waals surface area contributed by atoms with Crippen LogP contribution in [0.25, 0.3) is 0 Å². The molecule has 2 bridgehead atoms. The summed E-state index contributed by atoms with van der Waals surface area (Å²) in [6.07, 6.45) is 4.27. The molecule has 0 amide bonds. The van der Waals surface area contributed by atoms with E-state index in [0.717, 1.165) is 35.5 Å². The van der Waals surface area contributed by atoms with Gasteiger partial charge in [0.1, 0.15) is 5.82 Å². The maximum absolute atomic E-state index is 13.0. The van der Waals surface area contributed by atoms with Gasteiger partial charge in [-0.1, -0.05) is 30.3 Å². The van der Waals surface area contributed by atoms with Gasteiger partial charge in [-0.2, -0.15) is 4.31 Å².